The van der Waals surface area contributed by atoms with Crippen LogP contribution in [0.2, 0.25) is 0 Å². The van der Waals surface area contributed by atoms with E-state index in [9.17, 15) is 0 Å². The van der Waals surface area contributed by atoms with Crippen molar-refractivity contribution >= 4 is 0 Å². The highest BCUT2D eigenvalue weighted by atomic mass is 14.8. The molecule has 0 heterocycles. The zero-order valence-corrected chi connectivity index (χ0v) is 2.68. The molecule has 0 aliphatic heterocycles. The highest BCUT2D eigenvalue weighted by Crippen LogP contribution is 1.44. The maximum atomic E-state index is 7.64. The Hall–Kier alpha value is -0.590. The van der Waals surface area contributed by atoms with Crippen molar-refractivity contribution in [1.29, 1.82) is 5.26 Å². The lowest BCUT2D eigenvalue weighted by Crippen LogP contribution is -2.27. The normalized spacial score (nSPS) is 7.60. The Balaban J connectivity index is 2.94. The van der Waals surface area contributed by atoms with Crippen molar-refractivity contribution in [2.24, 2.45) is 11.5 Å². The third kappa shape index (κ3) is 3.41. The number of hydrogen-bond acceptors (Lipinski definition) is 3. The summed E-state index contributed by atoms with van der Waals surface area (Å²) in [6, 6.07) is 1.58. The molecule has 0 atom stereocenters. The molecule has 4 N–H and O–H groups in total. The van der Waals surface area contributed by atoms with Crippen molar-refractivity contribution in [3.8, 4) is 6.07 Å². The molecule has 28 valence electrons. The van der Waals surface area contributed by atoms with Crippen LogP contribution in [-0.4, -0.2) is 6.17 Å². The first-order chi connectivity index (χ1) is 2.27. The Labute approximate surface area is 30.2 Å². The van der Waals surface area contributed by atoms with Crippen LogP contribution in [0.5, 0.6) is 0 Å². The lowest BCUT2D eigenvalue weighted by atomic mass is 10.6. The molecule has 0 saturated carbocycles. The molecule has 0 fully saturated rings. The van der Waals surface area contributed by atoms with Crippen LogP contribution in [0.3, 0.4) is 0 Å². The molecule has 0 aromatic carbocycles. The summed E-state index contributed by atoms with van der Waals surface area (Å²) in [6.45, 7) is 0. The molecule has 0 unspecified atom stereocenters. The van der Waals surface area contributed by atoms with Crippen LogP contribution in [0.15, 0.2) is 0 Å². The van der Waals surface area contributed by atoms with Crippen LogP contribution >= 0.6 is 0 Å². The Morgan fingerprint density at radius 2 is 1.80 bits per heavy atom. The van der Waals surface area contributed by atoms with Gasteiger partial charge in [-0.15, -0.1) is 0 Å². The van der Waals surface area contributed by atoms with E-state index in [4.69, 9.17) is 16.7 Å². The van der Waals surface area contributed by atoms with Gasteiger partial charge in [0, 0.05) is 0 Å². The fourth-order valence-corrected chi connectivity index (χ4v) is 0. The fraction of sp³-hybridized carbons (Fsp3) is 0.500. The molecular weight excluding hydrogens is 66.0 g/mol. The van der Waals surface area contributed by atoms with Crippen LogP contribution in [0.1, 0.15) is 0 Å². The van der Waals surface area contributed by atoms with Gasteiger partial charge in [-0.25, -0.2) is 0 Å². The first-order valence-corrected chi connectivity index (χ1v) is 1.18. The van der Waals surface area contributed by atoms with Crippen LogP contribution in [0.4, 0.5) is 0 Å². The molecule has 0 aliphatic rings. The minimum absolute atomic E-state index is 0.810. The van der Waals surface area contributed by atoms with Gasteiger partial charge in [-0.2, -0.15) is 5.26 Å². The molecule has 0 rings (SSSR count). The molecule has 0 saturated heterocycles. The Bertz CT molecular complexity index is 50.4. The lowest BCUT2D eigenvalue weighted by molar-refractivity contribution is 0.890. The minimum atomic E-state index is -0.810. The summed E-state index contributed by atoms with van der Waals surface area (Å²) >= 11 is 0. The lowest BCUT2D eigenvalue weighted by Gasteiger charge is -1.79. The maximum absolute atomic E-state index is 7.64. The van der Waals surface area contributed by atoms with Gasteiger partial charge in [0.1, 0.15) is 6.17 Å². The van der Waals surface area contributed by atoms with Gasteiger partial charge < -0.3 is 11.5 Å². The second-order valence-electron chi connectivity index (χ2n) is 0.655. The van der Waals surface area contributed by atoms with E-state index in [2.05, 4.69) is 0 Å². The van der Waals surface area contributed by atoms with Gasteiger partial charge in [0.05, 0.1) is 6.07 Å². The first-order valence-electron chi connectivity index (χ1n) is 1.18. The van der Waals surface area contributed by atoms with Crippen molar-refractivity contribution < 1.29 is 0 Å². The average Bonchev–Trinajstić information content (AvgIpc) is 1.38. The second-order valence-corrected chi connectivity index (χ2v) is 0.655. The number of hydrogen-bond donors (Lipinski definition) is 2. The van der Waals surface area contributed by atoms with E-state index in [1.54, 1.807) is 6.07 Å². The molecule has 0 aliphatic carbocycles. The van der Waals surface area contributed by atoms with Crippen molar-refractivity contribution in [3.05, 3.63) is 0 Å². The van der Waals surface area contributed by atoms with Crippen LogP contribution < -0.4 is 11.5 Å². The van der Waals surface area contributed by atoms with E-state index in [-0.39, 0.29) is 0 Å². The molecule has 3 nitrogen and oxygen atoms in total. The predicted molar refractivity (Wildman–Crippen MR) is 17.8 cm³/mol. The highest BCUT2D eigenvalue weighted by Gasteiger charge is 1.77. The summed E-state index contributed by atoms with van der Waals surface area (Å²) in [6.07, 6.45) is -0.810. The molecule has 0 bridgehead atoms. The molecular formula is C2H5N3. The molecule has 0 amide bonds. The van der Waals surface area contributed by atoms with E-state index in [0.29, 0.717) is 0 Å². The third-order valence-corrected chi connectivity index (χ3v) is 0.149. The van der Waals surface area contributed by atoms with Gasteiger partial charge in [0.15, 0.2) is 0 Å². The largest absolute Gasteiger partial charge is 0.304 e. The highest BCUT2D eigenvalue weighted by molar-refractivity contribution is 4.79. The van der Waals surface area contributed by atoms with Gasteiger partial charge in [-0.1, -0.05) is 0 Å². The van der Waals surface area contributed by atoms with Gasteiger partial charge in [0.2, 0.25) is 0 Å². The number of nitrogens with two attached hydrogens (primary N) is 2. The van der Waals surface area contributed by atoms with E-state index in [1.165, 1.54) is 0 Å². The summed E-state index contributed by atoms with van der Waals surface area (Å²) in [5.41, 5.74) is 9.42. The Morgan fingerprint density at radius 3 is 1.80 bits per heavy atom. The first kappa shape index (κ1) is 4.41. The van der Waals surface area contributed by atoms with Gasteiger partial charge in [-0.05, 0) is 0 Å². The summed E-state index contributed by atoms with van der Waals surface area (Å²) in [4.78, 5) is 0. The van der Waals surface area contributed by atoms with Gasteiger partial charge in [-0.3, -0.25) is 0 Å². The van der Waals surface area contributed by atoms with E-state index in [1.807, 2.05) is 0 Å². The standard InChI is InChI=1S/C2H5N3/c3-1-2(4)5/h2H,4-5H2. The maximum Gasteiger partial charge on any atom is 0.142 e. The quantitative estimate of drug-likeness (QED) is 0.350. The van der Waals surface area contributed by atoms with Crippen LogP contribution in [-0.2, 0) is 0 Å². The van der Waals surface area contributed by atoms with E-state index < -0.39 is 6.17 Å². The third-order valence-electron chi connectivity index (χ3n) is 0.149. The predicted octanol–water partition coefficient (Wildman–Crippen LogP) is -1.25. The summed E-state index contributed by atoms with van der Waals surface area (Å²) in [5, 5.41) is 7.64. The number of rotatable bonds is 0. The molecule has 3 heteroatoms. The SMILES string of the molecule is N#CC(N)N. The van der Waals surface area contributed by atoms with Crippen molar-refractivity contribution in [2.45, 2.75) is 6.17 Å². The zero-order chi connectivity index (χ0) is 4.28. The zero-order valence-electron chi connectivity index (χ0n) is 2.68. The van der Waals surface area contributed by atoms with E-state index >= 15 is 0 Å². The number of nitriles is 1. The summed E-state index contributed by atoms with van der Waals surface area (Å²) in [5.74, 6) is 0. The molecule has 0 radical (unpaired) electrons. The average molecular weight is 71.1 g/mol. The van der Waals surface area contributed by atoms with Gasteiger partial charge >= 0.3 is 0 Å². The molecule has 0 aromatic rings. The van der Waals surface area contributed by atoms with Crippen molar-refractivity contribution in [3.63, 3.8) is 0 Å². The van der Waals surface area contributed by atoms with Crippen LogP contribution in [0, 0.1) is 11.3 Å². The topological polar surface area (TPSA) is 75.8 Å². The molecule has 5 heavy (non-hydrogen) atoms. The number of nitrogens with zero attached hydrogens (tertiary/aromatic N) is 1. The summed E-state index contributed by atoms with van der Waals surface area (Å²) in [7, 11) is 0. The monoisotopic (exact) mass is 71.0 g/mol. The van der Waals surface area contributed by atoms with Crippen molar-refractivity contribution in [2.75, 3.05) is 0 Å². The fourth-order valence-electron chi connectivity index (χ4n) is 0. The minimum Gasteiger partial charge on any atom is -0.304 e. The summed E-state index contributed by atoms with van der Waals surface area (Å²) < 4.78 is 0. The molecule has 0 aromatic heterocycles. The Morgan fingerprint density at radius 1 is 1.60 bits per heavy atom. The second kappa shape index (κ2) is 1.70. The van der Waals surface area contributed by atoms with Gasteiger partial charge in [0.25, 0.3) is 0 Å². The Kier molecular flexibility index (Phi) is 1.50. The van der Waals surface area contributed by atoms with E-state index in [0.717, 1.165) is 0 Å². The van der Waals surface area contributed by atoms with Crippen LogP contribution in [0.25, 0.3) is 0 Å². The molecule has 0 spiro atoms. The van der Waals surface area contributed by atoms with Crippen molar-refractivity contribution in [1.82, 2.24) is 0 Å². The smallest absolute Gasteiger partial charge is 0.142 e.